The summed E-state index contributed by atoms with van der Waals surface area (Å²) in [6.45, 7) is 0.414. The lowest BCUT2D eigenvalue weighted by atomic mass is 10.2. The molecule has 2 rings (SSSR count). The van der Waals surface area contributed by atoms with Gasteiger partial charge in [0, 0.05) is 11.1 Å². The van der Waals surface area contributed by atoms with Crippen molar-refractivity contribution in [2.75, 3.05) is 7.11 Å². The fraction of sp³-hybridized carbons (Fsp3) is 0.143. The maximum atomic E-state index is 6.01. The molecule has 0 unspecified atom stereocenters. The van der Waals surface area contributed by atoms with Gasteiger partial charge in [0.15, 0.2) is 0 Å². The van der Waals surface area contributed by atoms with Crippen LogP contribution in [-0.2, 0) is 6.61 Å². The van der Waals surface area contributed by atoms with E-state index in [0.717, 1.165) is 11.3 Å². The zero-order chi connectivity index (χ0) is 13.0. The SMILES string of the molecule is COc1cccc(COc2cc(Cl)ccc2Cl)c1. The molecule has 0 aliphatic rings. The van der Waals surface area contributed by atoms with E-state index in [9.17, 15) is 0 Å². The van der Waals surface area contributed by atoms with Crippen LogP contribution in [0.3, 0.4) is 0 Å². The summed E-state index contributed by atoms with van der Waals surface area (Å²) in [6.07, 6.45) is 0. The highest BCUT2D eigenvalue weighted by atomic mass is 35.5. The molecule has 0 saturated heterocycles. The first-order valence-electron chi connectivity index (χ1n) is 5.40. The largest absolute Gasteiger partial charge is 0.497 e. The summed E-state index contributed by atoms with van der Waals surface area (Å²) in [5, 5.41) is 1.14. The Morgan fingerprint density at radius 3 is 2.67 bits per heavy atom. The van der Waals surface area contributed by atoms with Crippen molar-refractivity contribution in [1.29, 1.82) is 0 Å². The maximum absolute atomic E-state index is 6.01. The zero-order valence-electron chi connectivity index (χ0n) is 9.82. The molecule has 0 aliphatic carbocycles. The van der Waals surface area contributed by atoms with E-state index >= 15 is 0 Å². The smallest absolute Gasteiger partial charge is 0.139 e. The third-order valence-corrected chi connectivity index (χ3v) is 2.97. The first kappa shape index (κ1) is 13.1. The Balaban J connectivity index is 2.08. The van der Waals surface area contributed by atoms with Crippen molar-refractivity contribution < 1.29 is 9.47 Å². The van der Waals surface area contributed by atoms with E-state index in [1.165, 1.54) is 0 Å². The minimum Gasteiger partial charge on any atom is -0.497 e. The highest BCUT2D eigenvalue weighted by molar-refractivity contribution is 6.34. The first-order chi connectivity index (χ1) is 8.69. The first-order valence-corrected chi connectivity index (χ1v) is 6.15. The molecular weight excluding hydrogens is 271 g/mol. The van der Waals surface area contributed by atoms with Crippen molar-refractivity contribution >= 4 is 23.2 Å². The molecular formula is C14H12Cl2O2. The van der Waals surface area contributed by atoms with Gasteiger partial charge in [0.05, 0.1) is 12.1 Å². The molecule has 2 aromatic rings. The van der Waals surface area contributed by atoms with E-state index < -0.39 is 0 Å². The molecule has 18 heavy (non-hydrogen) atoms. The van der Waals surface area contributed by atoms with E-state index in [4.69, 9.17) is 32.7 Å². The Morgan fingerprint density at radius 2 is 1.89 bits per heavy atom. The summed E-state index contributed by atoms with van der Waals surface area (Å²) in [7, 11) is 1.63. The van der Waals surface area contributed by atoms with Gasteiger partial charge in [-0.3, -0.25) is 0 Å². The van der Waals surface area contributed by atoms with Gasteiger partial charge in [0.25, 0.3) is 0 Å². The Kier molecular flexibility index (Phi) is 4.34. The van der Waals surface area contributed by atoms with Gasteiger partial charge in [0.2, 0.25) is 0 Å². The second kappa shape index (κ2) is 5.98. The lowest BCUT2D eigenvalue weighted by Crippen LogP contribution is -1.96. The summed E-state index contributed by atoms with van der Waals surface area (Å²) in [5.41, 5.74) is 1.00. The van der Waals surface area contributed by atoms with Crippen LogP contribution in [0.25, 0.3) is 0 Å². The molecule has 0 bridgehead atoms. The second-order valence-corrected chi connectivity index (χ2v) is 4.56. The van der Waals surface area contributed by atoms with Crippen molar-refractivity contribution in [2.24, 2.45) is 0 Å². The molecule has 0 heterocycles. The van der Waals surface area contributed by atoms with Crippen LogP contribution in [0.2, 0.25) is 10.0 Å². The summed E-state index contributed by atoms with van der Waals surface area (Å²) in [4.78, 5) is 0. The average molecular weight is 283 g/mol. The van der Waals surface area contributed by atoms with Crippen molar-refractivity contribution in [3.05, 3.63) is 58.1 Å². The van der Waals surface area contributed by atoms with E-state index in [-0.39, 0.29) is 0 Å². The van der Waals surface area contributed by atoms with Crippen molar-refractivity contribution in [1.82, 2.24) is 0 Å². The van der Waals surface area contributed by atoms with Crippen LogP contribution in [0.15, 0.2) is 42.5 Å². The molecule has 0 fully saturated rings. The van der Waals surface area contributed by atoms with Crippen LogP contribution in [0.4, 0.5) is 0 Å². The van der Waals surface area contributed by atoms with Crippen LogP contribution in [0.5, 0.6) is 11.5 Å². The monoisotopic (exact) mass is 282 g/mol. The summed E-state index contributed by atoms with van der Waals surface area (Å²) in [5.74, 6) is 1.38. The number of hydrogen-bond donors (Lipinski definition) is 0. The molecule has 0 atom stereocenters. The van der Waals surface area contributed by atoms with Crippen LogP contribution in [0.1, 0.15) is 5.56 Å². The maximum Gasteiger partial charge on any atom is 0.139 e. The Hall–Kier alpha value is -1.38. The summed E-state index contributed by atoms with van der Waals surface area (Å²) >= 11 is 11.9. The summed E-state index contributed by atoms with van der Waals surface area (Å²) in [6, 6.07) is 12.8. The highest BCUT2D eigenvalue weighted by Crippen LogP contribution is 2.28. The molecule has 0 aromatic heterocycles. The van der Waals surface area contributed by atoms with E-state index in [0.29, 0.717) is 22.4 Å². The van der Waals surface area contributed by atoms with Crippen molar-refractivity contribution in [3.63, 3.8) is 0 Å². The lowest BCUT2D eigenvalue weighted by molar-refractivity contribution is 0.305. The fourth-order valence-corrected chi connectivity index (χ4v) is 1.85. The topological polar surface area (TPSA) is 18.5 Å². The predicted octanol–water partition coefficient (Wildman–Crippen LogP) is 4.58. The minimum absolute atomic E-state index is 0.414. The van der Waals surface area contributed by atoms with Crippen molar-refractivity contribution in [2.45, 2.75) is 6.61 Å². The van der Waals surface area contributed by atoms with Gasteiger partial charge in [0.1, 0.15) is 18.1 Å². The van der Waals surface area contributed by atoms with Crippen LogP contribution in [-0.4, -0.2) is 7.11 Å². The number of benzene rings is 2. The predicted molar refractivity (Wildman–Crippen MR) is 73.8 cm³/mol. The third kappa shape index (κ3) is 3.31. The van der Waals surface area contributed by atoms with E-state index in [1.54, 1.807) is 25.3 Å². The molecule has 2 nitrogen and oxygen atoms in total. The Labute approximate surface area is 116 Å². The number of methoxy groups -OCH3 is 1. The number of ether oxygens (including phenoxy) is 2. The molecule has 0 radical (unpaired) electrons. The molecule has 0 spiro atoms. The molecule has 4 heteroatoms. The summed E-state index contributed by atoms with van der Waals surface area (Å²) < 4.78 is 10.8. The second-order valence-electron chi connectivity index (χ2n) is 3.71. The Morgan fingerprint density at radius 1 is 1.06 bits per heavy atom. The number of hydrogen-bond acceptors (Lipinski definition) is 2. The minimum atomic E-state index is 0.414. The van der Waals surface area contributed by atoms with Gasteiger partial charge >= 0.3 is 0 Å². The van der Waals surface area contributed by atoms with Gasteiger partial charge in [-0.05, 0) is 29.8 Å². The van der Waals surface area contributed by atoms with E-state index in [2.05, 4.69) is 0 Å². The fourth-order valence-electron chi connectivity index (χ4n) is 1.51. The van der Waals surface area contributed by atoms with Crippen LogP contribution in [0, 0.1) is 0 Å². The van der Waals surface area contributed by atoms with Gasteiger partial charge in [-0.2, -0.15) is 0 Å². The van der Waals surface area contributed by atoms with Crippen molar-refractivity contribution in [3.8, 4) is 11.5 Å². The average Bonchev–Trinajstić information content (AvgIpc) is 2.40. The van der Waals surface area contributed by atoms with Gasteiger partial charge in [-0.1, -0.05) is 35.3 Å². The number of rotatable bonds is 4. The van der Waals surface area contributed by atoms with Gasteiger partial charge < -0.3 is 9.47 Å². The normalized spacial score (nSPS) is 10.2. The van der Waals surface area contributed by atoms with E-state index in [1.807, 2.05) is 24.3 Å². The zero-order valence-corrected chi connectivity index (χ0v) is 11.3. The molecule has 0 amide bonds. The molecule has 0 saturated carbocycles. The molecule has 2 aromatic carbocycles. The molecule has 0 N–H and O–H groups in total. The molecule has 94 valence electrons. The van der Waals surface area contributed by atoms with Crippen LogP contribution >= 0.6 is 23.2 Å². The Bertz CT molecular complexity index is 541. The molecule has 0 aliphatic heterocycles. The number of halogens is 2. The van der Waals surface area contributed by atoms with Crippen LogP contribution < -0.4 is 9.47 Å². The highest BCUT2D eigenvalue weighted by Gasteiger charge is 2.03. The third-order valence-electron chi connectivity index (χ3n) is 2.42. The lowest BCUT2D eigenvalue weighted by Gasteiger charge is -2.09. The van der Waals surface area contributed by atoms with Gasteiger partial charge in [-0.25, -0.2) is 0 Å². The van der Waals surface area contributed by atoms with Gasteiger partial charge in [-0.15, -0.1) is 0 Å². The quantitative estimate of drug-likeness (QED) is 0.817. The standard InChI is InChI=1S/C14H12Cl2O2/c1-17-12-4-2-3-10(7-12)9-18-14-8-11(15)5-6-13(14)16/h2-8H,9H2,1H3.